The molecule has 4 nitrogen and oxygen atoms in total. The first kappa shape index (κ1) is 18.6. The van der Waals surface area contributed by atoms with Gasteiger partial charge in [0.2, 0.25) is 5.91 Å². The van der Waals surface area contributed by atoms with Gasteiger partial charge in [-0.3, -0.25) is 15.0 Å². The van der Waals surface area contributed by atoms with Gasteiger partial charge in [0.25, 0.3) is 0 Å². The number of thiazole rings is 1. The maximum absolute atomic E-state index is 12.1. The number of hydrogen-bond donors (Lipinski definition) is 1. The van der Waals surface area contributed by atoms with E-state index in [0.29, 0.717) is 0 Å². The Balaban J connectivity index is 0.00000208. The molecule has 3 aromatic rings. The van der Waals surface area contributed by atoms with Gasteiger partial charge in [-0.1, -0.05) is 69.7 Å². The van der Waals surface area contributed by atoms with Crippen molar-refractivity contribution in [2.75, 3.05) is 5.43 Å². The highest BCUT2D eigenvalue weighted by Crippen LogP contribution is 2.23. The SMILES string of the molecule is Br.O=C(Cc1ccccc1)Nn1cc(-c2ccc(Br)cc2)sc1=O. The fourth-order valence-electron chi connectivity index (χ4n) is 2.12. The van der Waals surface area contributed by atoms with E-state index in [0.717, 1.165) is 31.8 Å². The van der Waals surface area contributed by atoms with Crippen LogP contribution in [0.3, 0.4) is 0 Å². The molecule has 0 fully saturated rings. The standard InChI is InChI=1S/C17H13BrN2O2S.BrH/c18-14-8-6-13(7-9-14)15-11-20(17(22)23-15)19-16(21)10-12-4-2-1-3-5-12;/h1-9,11H,10H2,(H,19,21);1H. The number of rotatable bonds is 4. The fraction of sp³-hybridized carbons (Fsp3) is 0.0588. The lowest BCUT2D eigenvalue weighted by Gasteiger charge is -2.04. The summed E-state index contributed by atoms with van der Waals surface area (Å²) in [6, 6.07) is 17.1. The molecule has 0 atom stereocenters. The molecule has 2 aromatic carbocycles. The van der Waals surface area contributed by atoms with Crippen molar-refractivity contribution in [2.45, 2.75) is 6.42 Å². The van der Waals surface area contributed by atoms with E-state index in [1.807, 2.05) is 54.6 Å². The molecule has 0 aliphatic rings. The van der Waals surface area contributed by atoms with Crippen molar-refractivity contribution in [1.29, 1.82) is 0 Å². The quantitative estimate of drug-likeness (QED) is 0.621. The second-order valence-corrected chi connectivity index (χ2v) is 6.84. The van der Waals surface area contributed by atoms with Gasteiger partial charge in [-0.05, 0) is 23.3 Å². The van der Waals surface area contributed by atoms with Crippen molar-refractivity contribution in [1.82, 2.24) is 4.68 Å². The Morgan fingerprint density at radius 2 is 1.75 bits per heavy atom. The van der Waals surface area contributed by atoms with Crippen LogP contribution in [0.2, 0.25) is 0 Å². The number of hydrogen-bond acceptors (Lipinski definition) is 3. The van der Waals surface area contributed by atoms with Crippen LogP contribution in [0.4, 0.5) is 0 Å². The van der Waals surface area contributed by atoms with Crippen LogP contribution >= 0.6 is 44.2 Å². The summed E-state index contributed by atoms with van der Waals surface area (Å²) in [5, 5.41) is 0. The van der Waals surface area contributed by atoms with Crippen LogP contribution in [0.5, 0.6) is 0 Å². The van der Waals surface area contributed by atoms with Gasteiger partial charge in [-0.25, -0.2) is 4.68 Å². The van der Waals surface area contributed by atoms with Crippen molar-refractivity contribution in [3.63, 3.8) is 0 Å². The van der Waals surface area contributed by atoms with E-state index in [-0.39, 0.29) is 34.2 Å². The third-order valence-electron chi connectivity index (χ3n) is 3.22. The Morgan fingerprint density at radius 1 is 1.08 bits per heavy atom. The van der Waals surface area contributed by atoms with E-state index in [1.54, 1.807) is 6.20 Å². The largest absolute Gasteiger partial charge is 0.326 e. The first-order chi connectivity index (χ1) is 11.1. The summed E-state index contributed by atoms with van der Waals surface area (Å²) in [5.74, 6) is -0.224. The highest BCUT2D eigenvalue weighted by Gasteiger charge is 2.09. The van der Waals surface area contributed by atoms with E-state index in [4.69, 9.17) is 0 Å². The predicted molar refractivity (Wildman–Crippen MR) is 107 cm³/mol. The van der Waals surface area contributed by atoms with Gasteiger partial charge in [0.15, 0.2) is 0 Å². The molecule has 0 saturated heterocycles. The molecular weight excluding hydrogens is 456 g/mol. The van der Waals surface area contributed by atoms with Crippen LogP contribution in [0.15, 0.2) is 70.1 Å². The third-order valence-corrected chi connectivity index (χ3v) is 4.68. The lowest BCUT2D eigenvalue weighted by molar-refractivity contribution is -0.116. The number of benzene rings is 2. The molecule has 0 aliphatic heterocycles. The molecule has 24 heavy (non-hydrogen) atoms. The minimum Gasteiger partial charge on any atom is -0.273 e. The molecule has 7 heteroatoms. The number of halogens is 2. The smallest absolute Gasteiger partial charge is 0.273 e. The lowest BCUT2D eigenvalue weighted by Crippen LogP contribution is -2.30. The number of amides is 1. The highest BCUT2D eigenvalue weighted by atomic mass is 79.9. The average Bonchev–Trinajstić information content (AvgIpc) is 2.90. The third kappa shape index (κ3) is 4.66. The van der Waals surface area contributed by atoms with Crippen molar-refractivity contribution in [3.8, 4) is 10.4 Å². The minimum atomic E-state index is -0.224. The number of nitrogens with one attached hydrogen (secondary N) is 1. The molecule has 0 radical (unpaired) electrons. The van der Waals surface area contributed by atoms with Gasteiger partial charge in [-0.15, -0.1) is 17.0 Å². The van der Waals surface area contributed by atoms with Gasteiger partial charge < -0.3 is 0 Å². The Hall–Kier alpha value is -1.70. The molecule has 1 aromatic heterocycles. The van der Waals surface area contributed by atoms with Gasteiger partial charge in [-0.2, -0.15) is 0 Å². The summed E-state index contributed by atoms with van der Waals surface area (Å²) in [6.07, 6.45) is 1.88. The van der Waals surface area contributed by atoms with Gasteiger partial charge in [0, 0.05) is 10.7 Å². The Labute approximate surface area is 162 Å². The molecule has 1 heterocycles. The van der Waals surface area contributed by atoms with Gasteiger partial charge in [0.05, 0.1) is 11.3 Å². The first-order valence-corrected chi connectivity index (χ1v) is 8.55. The van der Waals surface area contributed by atoms with Crippen LogP contribution in [0.1, 0.15) is 5.56 Å². The molecule has 1 amide bonds. The topological polar surface area (TPSA) is 51.1 Å². The number of aromatic nitrogens is 1. The monoisotopic (exact) mass is 468 g/mol. The summed E-state index contributed by atoms with van der Waals surface area (Å²) in [4.78, 5) is 24.7. The zero-order valence-electron chi connectivity index (χ0n) is 12.4. The van der Waals surface area contributed by atoms with Crippen molar-refractivity contribution >= 4 is 50.2 Å². The maximum Gasteiger partial charge on any atom is 0.326 e. The molecular formula is C17H14Br2N2O2S. The number of nitrogens with zero attached hydrogens (tertiary/aromatic N) is 1. The first-order valence-electron chi connectivity index (χ1n) is 6.94. The highest BCUT2D eigenvalue weighted by molar-refractivity contribution is 9.10. The van der Waals surface area contributed by atoms with Crippen LogP contribution in [-0.4, -0.2) is 10.6 Å². The molecule has 0 spiro atoms. The molecule has 0 bridgehead atoms. The number of carbonyl (C=O) groups is 1. The van der Waals surface area contributed by atoms with E-state index < -0.39 is 0 Å². The molecule has 0 saturated carbocycles. The molecule has 0 unspecified atom stereocenters. The van der Waals surface area contributed by atoms with Crippen LogP contribution in [0, 0.1) is 0 Å². The zero-order chi connectivity index (χ0) is 16.2. The van der Waals surface area contributed by atoms with Crippen LogP contribution < -0.4 is 10.3 Å². The van der Waals surface area contributed by atoms with Crippen LogP contribution in [0.25, 0.3) is 10.4 Å². The van der Waals surface area contributed by atoms with E-state index in [9.17, 15) is 9.59 Å². The summed E-state index contributed by atoms with van der Waals surface area (Å²) < 4.78 is 2.22. The second kappa shape index (κ2) is 8.41. The van der Waals surface area contributed by atoms with Crippen molar-refractivity contribution < 1.29 is 4.79 Å². The van der Waals surface area contributed by atoms with Gasteiger partial charge >= 0.3 is 4.87 Å². The second-order valence-electron chi connectivity index (χ2n) is 4.94. The van der Waals surface area contributed by atoms with Crippen molar-refractivity contribution in [3.05, 3.63) is 80.5 Å². The maximum atomic E-state index is 12.1. The lowest BCUT2D eigenvalue weighted by atomic mass is 10.1. The van der Waals surface area contributed by atoms with Crippen molar-refractivity contribution in [2.24, 2.45) is 0 Å². The number of carbonyl (C=O) groups excluding carboxylic acids is 1. The summed E-state index contributed by atoms with van der Waals surface area (Å²) in [7, 11) is 0. The summed E-state index contributed by atoms with van der Waals surface area (Å²) >= 11 is 4.48. The summed E-state index contributed by atoms with van der Waals surface area (Å²) in [5.41, 5.74) is 4.47. The minimum absolute atomic E-state index is 0. The Kier molecular flexibility index (Phi) is 6.53. The van der Waals surface area contributed by atoms with E-state index in [1.165, 1.54) is 4.68 Å². The average molecular weight is 470 g/mol. The molecule has 1 N–H and O–H groups in total. The summed E-state index contributed by atoms with van der Waals surface area (Å²) in [6.45, 7) is 0. The fourth-order valence-corrected chi connectivity index (χ4v) is 3.18. The van der Waals surface area contributed by atoms with E-state index >= 15 is 0 Å². The normalized spacial score (nSPS) is 10.0. The van der Waals surface area contributed by atoms with Crippen LogP contribution in [-0.2, 0) is 11.2 Å². The van der Waals surface area contributed by atoms with E-state index in [2.05, 4.69) is 21.4 Å². The predicted octanol–water partition coefficient (Wildman–Crippen LogP) is 4.23. The molecule has 124 valence electrons. The zero-order valence-corrected chi connectivity index (χ0v) is 16.6. The molecule has 0 aliphatic carbocycles. The van der Waals surface area contributed by atoms with Gasteiger partial charge in [0.1, 0.15) is 0 Å². The Morgan fingerprint density at radius 3 is 2.42 bits per heavy atom. The Bertz CT molecular complexity index is 874. The molecule has 3 rings (SSSR count).